The van der Waals surface area contributed by atoms with Crippen molar-refractivity contribution >= 4 is 11.8 Å². The van der Waals surface area contributed by atoms with Crippen LogP contribution >= 0.6 is 0 Å². The molecular formula is C21H26O5. The largest absolute Gasteiger partial charge is 0.497 e. The molecule has 0 aromatic heterocycles. The second kappa shape index (κ2) is 6.60. The zero-order chi connectivity index (χ0) is 18.3. The number of methoxy groups -OCH3 is 2. The summed E-state index contributed by atoms with van der Waals surface area (Å²) in [4.78, 5) is 25.5. The zero-order valence-electron chi connectivity index (χ0n) is 15.5. The van der Waals surface area contributed by atoms with Gasteiger partial charge < -0.3 is 14.2 Å². The zero-order valence-corrected chi connectivity index (χ0v) is 15.5. The topological polar surface area (TPSA) is 61.8 Å². The summed E-state index contributed by atoms with van der Waals surface area (Å²) in [5.41, 5.74) is 0.0400. The summed E-state index contributed by atoms with van der Waals surface area (Å²) in [5.74, 6) is 2.60. The molecule has 5 heteroatoms. The van der Waals surface area contributed by atoms with Gasteiger partial charge in [-0.3, -0.25) is 9.59 Å². The summed E-state index contributed by atoms with van der Waals surface area (Å²) in [5, 5.41) is 0. The molecule has 0 heterocycles. The van der Waals surface area contributed by atoms with E-state index in [2.05, 4.69) is 0 Å². The lowest BCUT2D eigenvalue weighted by molar-refractivity contribution is -0.170. The lowest BCUT2D eigenvalue weighted by Gasteiger charge is -2.55. The van der Waals surface area contributed by atoms with Gasteiger partial charge in [0.2, 0.25) is 5.78 Å². The van der Waals surface area contributed by atoms with Crippen molar-refractivity contribution in [3.05, 3.63) is 23.8 Å². The van der Waals surface area contributed by atoms with Gasteiger partial charge in [0.05, 0.1) is 25.2 Å². The minimum atomic E-state index is -0.340. The van der Waals surface area contributed by atoms with E-state index in [1.165, 1.54) is 26.4 Å². The van der Waals surface area contributed by atoms with Crippen LogP contribution in [-0.2, 0) is 9.53 Å². The van der Waals surface area contributed by atoms with Gasteiger partial charge in [-0.2, -0.15) is 0 Å². The van der Waals surface area contributed by atoms with Crippen LogP contribution in [0.1, 0.15) is 48.9 Å². The van der Waals surface area contributed by atoms with E-state index in [-0.39, 0.29) is 23.8 Å². The number of hydrogen-bond acceptors (Lipinski definition) is 5. The van der Waals surface area contributed by atoms with Crippen LogP contribution in [0.15, 0.2) is 18.2 Å². The standard InChI is InChI=1S/C21H26O5/c1-24-16-3-4-19(25-2)17(8-16)18(22)12-26-20(23)21-9-13-5-14(10-21)7-15(6-13)11-21/h3-4,8,13-15H,5-7,9-12H2,1-2H3. The molecule has 1 aromatic rings. The molecule has 1 aromatic carbocycles. The Morgan fingerprint density at radius 1 is 1.00 bits per heavy atom. The monoisotopic (exact) mass is 358 g/mol. The van der Waals surface area contributed by atoms with Gasteiger partial charge in [0, 0.05) is 0 Å². The summed E-state index contributed by atoms with van der Waals surface area (Å²) >= 11 is 0. The normalized spacial score (nSPS) is 31.5. The van der Waals surface area contributed by atoms with E-state index in [0.29, 0.717) is 34.8 Å². The van der Waals surface area contributed by atoms with Crippen LogP contribution in [0.2, 0.25) is 0 Å². The van der Waals surface area contributed by atoms with E-state index in [0.717, 1.165) is 19.3 Å². The molecule has 0 aliphatic heterocycles. The molecule has 26 heavy (non-hydrogen) atoms. The van der Waals surface area contributed by atoms with Crippen molar-refractivity contribution in [3.8, 4) is 11.5 Å². The molecule has 4 fully saturated rings. The number of hydrogen-bond donors (Lipinski definition) is 0. The van der Waals surface area contributed by atoms with Gasteiger partial charge in [0.15, 0.2) is 6.61 Å². The molecule has 0 radical (unpaired) electrons. The Kier molecular flexibility index (Phi) is 4.41. The Bertz CT molecular complexity index is 688. The Morgan fingerprint density at radius 3 is 2.15 bits per heavy atom. The Morgan fingerprint density at radius 2 is 1.62 bits per heavy atom. The molecule has 5 rings (SSSR count). The van der Waals surface area contributed by atoms with Crippen molar-refractivity contribution in [1.82, 2.24) is 0 Å². The molecule has 0 atom stereocenters. The number of ketones is 1. The van der Waals surface area contributed by atoms with Gasteiger partial charge in [-0.15, -0.1) is 0 Å². The van der Waals surface area contributed by atoms with Crippen molar-refractivity contribution in [2.75, 3.05) is 20.8 Å². The number of carbonyl (C=O) groups excluding carboxylic acids is 2. The Hall–Kier alpha value is -2.04. The fraction of sp³-hybridized carbons (Fsp3) is 0.619. The highest BCUT2D eigenvalue weighted by Crippen LogP contribution is 2.60. The Balaban J connectivity index is 1.44. The summed E-state index contributed by atoms with van der Waals surface area (Å²) in [7, 11) is 3.06. The van der Waals surface area contributed by atoms with Gasteiger partial charge in [-0.1, -0.05) is 0 Å². The first-order valence-electron chi connectivity index (χ1n) is 9.45. The highest BCUT2D eigenvalue weighted by atomic mass is 16.5. The molecular weight excluding hydrogens is 332 g/mol. The van der Waals surface area contributed by atoms with Crippen LogP contribution in [-0.4, -0.2) is 32.6 Å². The molecule has 4 aliphatic rings. The van der Waals surface area contributed by atoms with Crippen molar-refractivity contribution in [3.63, 3.8) is 0 Å². The number of benzene rings is 1. The van der Waals surface area contributed by atoms with Crippen LogP contribution in [0.3, 0.4) is 0 Å². The molecule has 4 saturated carbocycles. The number of rotatable bonds is 6. The maximum atomic E-state index is 12.9. The average molecular weight is 358 g/mol. The van der Waals surface area contributed by atoms with Crippen LogP contribution in [0.4, 0.5) is 0 Å². The third kappa shape index (κ3) is 2.97. The highest BCUT2D eigenvalue weighted by molar-refractivity contribution is 6.01. The smallest absolute Gasteiger partial charge is 0.312 e. The second-order valence-electron chi connectivity index (χ2n) is 8.26. The fourth-order valence-corrected chi connectivity index (χ4v) is 5.75. The second-order valence-corrected chi connectivity index (χ2v) is 8.26. The van der Waals surface area contributed by atoms with E-state index >= 15 is 0 Å². The van der Waals surface area contributed by atoms with Gasteiger partial charge in [0.1, 0.15) is 11.5 Å². The van der Waals surface area contributed by atoms with Crippen molar-refractivity contribution in [2.24, 2.45) is 23.2 Å². The van der Waals surface area contributed by atoms with E-state index < -0.39 is 0 Å². The first-order chi connectivity index (χ1) is 12.5. The quantitative estimate of drug-likeness (QED) is 0.574. The highest BCUT2D eigenvalue weighted by Gasteiger charge is 2.55. The first kappa shape index (κ1) is 17.4. The summed E-state index contributed by atoms with van der Waals surface area (Å²) in [6.07, 6.45) is 6.63. The van der Waals surface area contributed by atoms with Crippen LogP contribution < -0.4 is 9.47 Å². The van der Waals surface area contributed by atoms with Gasteiger partial charge in [-0.05, 0) is 74.5 Å². The molecule has 0 amide bonds. The maximum absolute atomic E-state index is 12.9. The van der Waals surface area contributed by atoms with Gasteiger partial charge in [0.25, 0.3) is 0 Å². The van der Waals surface area contributed by atoms with E-state index in [1.54, 1.807) is 25.3 Å². The first-order valence-corrected chi connectivity index (χ1v) is 9.45. The molecule has 0 spiro atoms. The van der Waals surface area contributed by atoms with Gasteiger partial charge >= 0.3 is 5.97 Å². The summed E-state index contributed by atoms with van der Waals surface area (Å²) in [6.45, 7) is -0.246. The minimum Gasteiger partial charge on any atom is -0.497 e. The molecule has 0 saturated heterocycles. The fourth-order valence-electron chi connectivity index (χ4n) is 5.75. The molecule has 0 unspecified atom stereocenters. The van der Waals surface area contributed by atoms with Crippen molar-refractivity contribution in [1.29, 1.82) is 0 Å². The lowest BCUT2D eigenvalue weighted by Crippen LogP contribution is -2.50. The van der Waals surface area contributed by atoms with Crippen LogP contribution in [0.25, 0.3) is 0 Å². The van der Waals surface area contributed by atoms with Crippen LogP contribution in [0, 0.1) is 23.2 Å². The van der Waals surface area contributed by atoms with E-state index in [1.807, 2.05) is 0 Å². The molecule has 0 N–H and O–H groups in total. The number of carbonyl (C=O) groups is 2. The van der Waals surface area contributed by atoms with E-state index in [9.17, 15) is 9.59 Å². The molecule has 4 bridgehead atoms. The average Bonchev–Trinajstić information content (AvgIpc) is 2.64. The number of Topliss-reactive ketones (excluding diaryl/α,β-unsaturated/α-hetero) is 1. The Labute approximate surface area is 154 Å². The molecule has 140 valence electrons. The predicted molar refractivity (Wildman–Crippen MR) is 95.4 cm³/mol. The third-order valence-corrected chi connectivity index (χ3v) is 6.51. The predicted octanol–water partition coefficient (Wildman–Crippen LogP) is 3.65. The summed E-state index contributed by atoms with van der Waals surface area (Å²) in [6, 6.07) is 5.05. The molecule has 5 nitrogen and oxygen atoms in total. The van der Waals surface area contributed by atoms with Crippen LogP contribution in [0.5, 0.6) is 11.5 Å². The molecule has 4 aliphatic carbocycles. The maximum Gasteiger partial charge on any atom is 0.312 e. The number of esters is 1. The lowest BCUT2D eigenvalue weighted by atomic mass is 9.49. The van der Waals surface area contributed by atoms with E-state index in [4.69, 9.17) is 14.2 Å². The van der Waals surface area contributed by atoms with Crippen molar-refractivity contribution in [2.45, 2.75) is 38.5 Å². The van der Waals surface area contributed by atoms with Crippen molar-refractivity contribution < 1.29 is 23.8 Å². The number of ether oxygens (including phenoxy) is 3. The minimum absolute atomic E-state index is 0.174. The SMILES string of the molecule is COc1ccc(OC)c(C(=O)COC(=O)C23CC4CC(CC(C4)C2)C3)c1. The third-order valence-electron chi connectivity index (χ3n) is 6.51. The van der Waals surface area contributed by atoms with Gasteiger partial charge in [-0.25, -0.2) is 0 Å². The summed E-state index contributed by atoms with van der Waals surface area (Å²) < 4.78 is 16.0.